The number of nitrogens with zero attached hydrogens (tertiary/aromatic N) is 4. The lowest BCUT2D eigenvalue weighted by Gasteiger charge is -2.29. The Morgan fingerprint density at radius 3 is 2.52 bits per heavy atom. The van der Waals surface area contributed by atoms with Crippen LogP contribution in [0.15, 0.2) is 79.3 Å². The summed E-state index contributed by atoms with van der Waals surface area (Å²) in [5, 5.41) is 0. The molecule has 0 aliphatic rings. The van der Waals surface area contributed by atoms with Gasteiger partial charge in [-0.15, -0.1) is 0 Å². The number of carbonyl (C=O) groups excluding carboxylic acids is 1. The SMILES string of the molecule is C[C@H]([C@H](N)c1ccccc1)N(C)C(=O)c1cc(-c2ccnc(-c3ccccn3)n2)c[nH]1. The van der Waals surface area contributed by atoms with Crippen molar-refractivity contribution in [3.63, 3.8) is 0 Å². The molecule has 0 fully saturated rings. The Labute approximate surface area is 181 Å². The summed E-state index contributed by atoms with van der Waals surface area (Å²) in [4.78, 5) is 31.0. The number of nitrogens with two attached hydrogens (primary N) is 1. The van der Waals surface area contributed by atoms with Crippen molar-refractivity contribution in [3.8, 4) is 22.8 Å². The summed E-state index contributed by atoms with van der Waals surface area (Å²) in [6, 6.07) is 18.5. The van der Waals surface area contributed by atoms with E-state index in [1.807, 2.05) is 61.5 Å². The molecule has 7 nitrogen and oxygen atoms in total. The highest BCUT2D eigenvalue weighted by Crippen LogP contribution is 2.23. The zero-order valence-corrected chi connectivity index (χ0v) is 17.4. The second kappa shape index (κ2) is 8.89. The van der Waals surface area contributed by atoms with Crippen molar-refractivity contribution >= 4 is 5.91 Å². The standard InChI is InChI=1S/C24H24N6O/c1-16(22(25)17-8-4-3-5-9-17)30(2)24(31)21-14-18(15-28-21)19-11-13-27-23(29-19)20-10-6-7-12-26-20/h3-16,22,28H,25H2,1-2H3/t16-,22+/m1/s1. The second-order valence-electron chi connectivity index (χ2n) is 7.38. The van der Waals surface area contributed by atoms with Gasteiger partial charge >= 0.3 is 0 Å². The quantitative estimate of drug-likeness (QED) is 0.503. The van der Waals surface area contributed by atoms with Crippen LogP contribution in [0.2, 0.25) is 0 Å². The van der Waals surface area contributed by atoms with Gasteiger partial charge in [0.15, 0.2) is 5.82 Å². The first-order valence-electron chi connectivity index (χ1n) is 10.1. The maximum absolute atomic E-state index is 13.1. The minimum absolute atomic E-state index is 0.135. The van der Waals surface area contributed by atoms with Gasteiger partial charge in [0, 0.05) is 43.3 Å². The molecule has 0 saturated carbocycles. The molecule has 0 bridgehead atoms. The van der Waals surface area contributed by atoms with E-state index in [4.69, 9.17) is 5.73 Å². The van der Waals surface area contributed by atoms with E-state index < -0.39 is 0 Å². The normalized spacial score (nSPS) is 12.9. The van der Waals surface area contributed by atoms with E-state index in [0.717, 1.165) is 11.1 Å². The van der Waals surface area contributed by atoms with Gasteiger partial charge < -0.3 is 15.6 Å². The zero-order chi connectivity index (χ0) is 21.8. The molecular formula is C24H24N6O. The Balaban J connectivity index is 1.53. The number of aromatic nitrogens is 4. The van der Waals surface area contributed by atoms with Crippen molar-refractivity contribution < 1.29 is 4.79 Å². The molecular weight excluding hydrogens is 388 g/mol. The van der Waals surface area contributed by atoms with E-state index in [2.05, 4.69) is 19.9 Å². The zero-order valence-electron chi connectivity index (χ0n) is 17.4. The number of rotatable bonds is 6. The van der Waals surface area contributed by atoms with Gasteiger partial charge in [0.05, 0.1) is 5.69 Å². The topological polar surface area (TPSA) is 101 Å². The maximum Gasteiger partial charge on any atom is 0.270 e. The Bertz CT molecular complexity index is 1160. The van der Waals surface area contributed by atoms with E-state index in [9.17, 15) is 4.79 Å². The first-order valence-corrected chi connectivity index (χ1v) is 10.1. The molecule has 0 radical (unpaired) electrons. The number of benzene rings is 1. The second-order valence-corrected chi connectivity index (χ2v) is 7.38. The van der Waals surface area contributed by atoms with Crippen LogP contribution < -0.4 is 5.73 Å². The Kier molecular flexibility index (Phi) is 5.86. The minimum atomic E-state index is -0.285. The highest BCUT2D eigenvalue weighted by Gasteiger charge is 2.25. The predicted octanol–water partition coefficient (Wildman–Crippen LogP) is 3.69. The molecule has 0 aliphatic heterocycles. The van der Waals surface area contributed by atoms with Gasteiger partial charge in [0.1, 0.15) is 11.4 Å². The fourth-order valence-electron chi connectivity index (χ4n) is 3.37. The molecule has 156 valence electrons. The highest BCUT2D eigenvalue weighted by molar-refractivity contribution is 5.94. The van der Waals surface area contributed by atoms with E-state index in [0.29, 0.717) is 22.9 Å². The molecule has 0 aliphatic carbocycles. The van der Waals surface area contributed by atoms with Gasteiger partial charge in [-0.25, -0.2) is 9.97 Å². The first-order chi connectivity index (χ1) is 15.0. The summed E-state index contributed by atoms with van der Waals surface area (Å²) in [5.41, 5.74) is 10.1. The number of amides is 1. The summed E-state index contributed by atoms with van der Waals surface area (Å²) in [6.45, 7) is 1.95. The van der Waals surface area contributed by atoms with Gasteiger partial charge in [0.25, 0.3) is 5.91 Å². The summed E-state index contributed by atoms with van der Waals surface area (Å²) in [7, 11) is 1.76. The van der Waals surface area contributed by atoms with Crippen LogP contribution in [0.1, 0.15) is 29.0 Å². The van der Waals surface area contributed by atoms with Crippen LogP contribution in [-0.4, -0.2) is 43.8 Å². The van der Waals surface area contributed by atoms with E-state index in [1.165, 1.54) is 0 Å². The fraction of sp³-hybridized carbons (Fsp3) is 0.167. The third-order valence-electron chi connectivity index (χ3n) is 5.39. The monoisotopic (exact) mass is 412 g/mol. The average molecular weight is 412 g/mol. The number of pyridine rings is 1. The van der Waals surface area contributed by atoms with Crippen LogP contribution in [0.25, 0.3) is 22.8 Å². The summed E-state index contributed by atoms with van der Waals surface area (Å²) in [6.07, 6.45) is 5.16. The third-order valence-corrected chi connectivity index (χ3v) is 5.39. The summed E-state index contributed by atoms with van der Waals surface area (Å²) >= 11 is 0. The Morgan fingerprint density at radius 2 is 1.77 bits per heavy atom. The van der Waals surface area contributed by atoms with E-state index in [1.54, 1.807) is 36.6 Å². The largest absolute Gasteiger partial charge is 0.357 e. The average Bonchev–Trinajstić information content (AvgIpc) is 3.34. The molecule has 3 aromatic heterocycles. The molecule has 4 aromatic rings. The lowest BCUT2D eigenvalue weighted by Crippen LogP contribution is -2.42. The van der Waals surface area contributed by atoms with E-state index >= 15 is 0 Å². The molecule has 0 spiro atoms. The smallest absolute Gasteiger partial charge is 0.270 e. The van der Waals surface area contributed by atoms with Crippen molar-refractivity contribution in [2.45, 2.75) is 19.0 Å². The van der Waals surface area contributed by atoms with Crippen molar-refractivity contribution in [1.82, 2.24) is 24.8 Å². The van der Waals surface area contributed by atoms with Gasteiger partial charge in [-0.3, -0.25) is 9.78 Å². The number of carbonyl (C=O) groups is 1. The van der Waals surface area contributed by atoms with Crippen molar-refractivity contribution in [3.05, 3.63) is 90.5 Å². The van der Waals surface area contributed by atoms with Gasteiger partial charge in [-0.1, -0.05) is 36.4 Å². The molecule has 3 N–H and O–H groups in total. The third kappa shape index (κ3) is 4.36. The summed E-state index contributed by atoms with van der Waals surface area (Å²) in [5.74, 6) is 0.399. The van der Waals surface area contributed by atoms with Gasteiger partial charge in [-0.05, 0) is 36.8 Å². The van der Waals surface area contributed by atoms with E-state index in [-0.39, 0.29) is 18.0 Å². The lowest BCUT2D eigenvalue weighted by atomic mass is 10.0. The highest BCUT2D eigenvalue weighted by atomic mass is 16.2. The fourth-order valence-corrected chi connectivity index (χ4v) is 3.37. The Morgan fingerprint density at radius 1 is 1.00 bits per heavy atom. The van der Waals surface area contributed by atoms with Crippen LogP contribution >= 0.6 is 0 Å². The number of hydrogen-bond acceptors (Lipinski definition) is 5. The number of likely N-dealkylation sites (N-methyl/N-ethyl adjacent to an activating group) is 1. The molecule has 4 rings (SSSR count). The van der Waals surface area contributed by atoms with Gasteiger partial charge in [-0.2, -0.15) is 0 Å². The summed E-state index contributed by atoms with van der Waals surface area (Å²) < 4.78 is 0. The van der Waals surface area contributed by atoms with Crippen LogP contribution in [0.3, 0.4) is 0 Å². The molecule has 0 saturated heterocycles. The Hall–Kier alpha value is -3.84. The lowest BCUT2D eigenvalue weighted by molar-refractivity contribution is 0.0718. The van der Waals surface area contributed by atoms with Crippen molar-refractivity contribution in [2.75, 3.05) is 7.05 Å². The van der Waals surface area contributed by atoms with Crippen molar-refractivity contribution in [2.24, 2.45) is 5.73 Å². The maximum atomic E-state index is 13.1. The van der Waals surface area contributed by atoms with Crippen LogP contribution in [-0.2, 0) is 0 Å². The first kappa shape index (κ1) is 20.4. The minimum Gasteiger partial charge on any atom is -0.357 e. The number of H-pyrrole nitrogens is 1. The molecule has 3 heterocycles. The van der Waals surface area contributed by atoms with Crippen LogP contribution in [0.5, 0.6) is 0 Å². The number of hydrogen-bond donors (Lipinski definition) is 2. The number of aromatic amines is 1. The van der Waals surface area contributed by atoms with Gasteiger partial charge in [0.2, 0.25) is 0 Å². The molecule has 1 aromatic carbocycles. The molecule has 0 unspecified atom stereocenters. The van der Waals surface area contributed by atoms with Crippen LogP contribution in [0, 0.1) is 0 Å². The molecule has 31 heavy (non-hydrogen) atoms. The molecule has 7 heteroatoms. The van der Waals surface area contributed by atoms with Crippen LogP contribution in [0.4, 0.5) is 0 Å². The molecule has 2 atom stereocenters. The number of nitrogens with one attached hydrogen (secondary N) is 1. The van der Waals surface area contributed by atoms with Crippen molar-refractivity contribution in [1.29, 1.82) is 0 Å². The molecule has 1 amide bonds. The predicted molar refractivity (Wildman–Crippen MR) is 120 cm³/mol.